The Balaban J connectivity index is 2.10. The lowest BCUT2D eigenvalue weighted by molar-refractivity contribution is 0.336. The number of benzene rings is 1. The zero-order valence-corrected chi connectivity index (χ0v) is 11.3. The van der Waals surface area contributed by atoms with Crippen molar-refractivity contribution in [2.24, 2.45) is 0 Å². The SMILES string of the molecule is CCS(=O)(=O)CCC(F)c1cccc2c1NCC2. The summed E-state index contributed by atoms with van der Waals surface area (Å²) in [4.78, 5) is 0. The maximum absolute atomic E-state index is 14.2. The zero-order chi connectivity index (χ0) is 13.2. The number of sulfone groups is 1. The molecular weight excluding hydrogens is 253 g/mol. The van der Waals surface area contributed by atoms with Crippen LogP contribution in [0.3, 0.4) is 0 Å². The van der Waals surface area contributed by atoms with Gasteiger partial charge in [0.1, 0.15) is 16.0 Å². The average molecular weight is 271 g/mol. The van der Waals surface area contributed by atoms with Crippen LogP contribution >= 0.6 is 0 Å². The number of hydrogen-bond donors (Lipinski definition) is 1. The molecule has 0 saturated carbocycles. The van der Waals surface area contributed by atoms with Crippen LogP contribution in [0.5, 0.6) is 0 Å². The van der Waals surface area contributed by atoms with Crippen molar-refractivity contribution in [1.82, 2.24) is 0 Å². The Kier molecular flexibility index (Phi) is 3.90. The van der Waals surface area contributed by atoms with Crippen LogP contribution in [0.2, 0.25) is 0 Å². The molecule has 1 heterocycles. The molecule has 1 aromatic rings. The second-order valence-electron chi connectivity index (χ2n) is 4.55. The molecule has 1 aliphatic rings. The number of rotatable bonds is 5. The molecule has 1 aromatic carbocycles. The van der Waals surface area contributed by atoms with Gasteiger partial charge in [0.15, 0.2) is 0 Å². The third-order valence-electron chi connectivity index (χ3n) is 3.34. The van der Waals surface area contributed by atoms with Gasteiger partial charge in [-0.25, -0.2) is 12.8 Å². The van der Waals surface area contributed by atoms with Crippen LogP contribution in [0, 0.1) is 0 Å². The Morgan fingerprint density at radius 1 is 1.44 bits per heavy atom. The third kappa shape index (κ3) is 2.83. The fourth-order valence-electron chi connectivity index (χ4n) is 2.21. The third-order valence-corrected chi connectivity index (χ3v) is 5.08. The molecule has 1 aliphatic heterocycles. The van der Waals surface area contributed by atoms with E-state index >= 15 is 0 Å². The molecule has 3 nitrogen and oxygen atoms in total. The molecule has 0 aromatic heterocycles. The van der Waals surface area contributed by atoms with Crippen molar-refractivity contribution in [3.8, 4) is 0 Å². The molecule has 5 heteroatoms. The predicted octanol–water partition coefficient (Wildman–Crippen LogP) is 2.49. The number of anilines is 1. The highest BCUT2D eigenvalue weighted by atomic mass is 32.2. The van der Waals surface area contributed by atoms with Crippen molar-refractivity contribution in [2.75, 3.05) is 23.4 Å². The number of hydrogen-bond acceptors (Lipinski definition) is 3. The van der Waals surface area contributed by atoms with Gasteiger partial charge in [0.2, 0.25) is 0 Å². The Morgan fingerprint density at radius 2 is 2.22 bits per heavy atom. The Hall–Kier alpha value is -1.10. The molecule has 0 radical (unpaired) electrons. The summed E-state index contributed by atoms with van der Waals surface area (Å²) in [5.74, 6) is -0.0147. The first-order chi connectivity index (χ1) is 8.53. The van der Waals surface area contributed by atoms with E-state index in [1.165, 1.54) is 0 Å². The molecule has 0 saturated heterocycles. The number of para-hydroxylation sites is 1. The highest BCUT2D eigenvalue weighted by Gasteiger charge is 2.21. The second kappa shape index (κ2) is 5.26. The van der Waals surface area contributed by atoms with Crippen molar-refractivity contribution < 1.29 is 12.8 Å². The summed E-state index contributed by atoms with van der Waals surface area (Å²) in [7, 11) is -3.10. The van der Waals surface area contributed by atoms with Crippen LogP contribution in [0.25, 0.3) is 0 Å². The topological polar surface area (TPSA) is 46.2 Å². The lowest BCUT2D eigenvalue weighted by atomic mass is 10.0. The van der Waals surface area contributed by atoms with Crippen LogP contribution < -0.4 is 5.32 Å². The summed E-state index contributed by atoms with van der Waals surface area (Å²) in [5.41, 5.74) is 2.57. The number of alkyl halides is 1. The van der Waals surface area contributed by atoms with Crippen molar-refractivity contribution in [2.45, 2.75) is 25.9 Å². The monoisotopic (exact) mass is 271 g/mol. The average Bonchev–Trinajstić information content (AvgIpc) is 2.84. The minimum Gasteiger partial charge on any atom is -0.384 e. The van der Waals surface area contributed by atoms with Gasteiger partial charge >= 0.3 is 0 Å². The highest BCUT2D eigenvalue weighted by Crippen LogP contribution is 2.34. The molecule has 0 spiro atoms. The lowest BCUT2D eigenvalue weighted by Crippen LogP contribution is -2.11. The molecule has 18 heavy (non-hydrogen) atoms. The first-order valence-electron chi connectivity index (χ1n) is 6.23. The fraction of sp³-hybridized carbons (Fsp3) is 0.538. The summed E-state index contributed by atoms with van der Waals surface area (Å²) < 4.78 is 36.9. The van der Waals surface area contributed by atoms with Crippen molar-refractivity contribution in [3.63, 3.8) is 0 Å². The Labute approximate surface area is 107 Å². The maximum atomic E-state index is 14.2. The summed E-state index contributed by atoms with van der Waals surface area (Å²) in [6.07, 6.45) is -0.274. The van der Waals surface area contributed by atoms with E-state index in [0.717, 1.165) is 24.2 Å². The van der Waals surface area contributed by atoms with Crippen LogP contribution in [0.4, 0.5) is 10.1 Å². The Bertz CT molecular complexity index is 528. The van der Waals surface area contributed by atoms with E-state index in [0.29, 0.717) is 5.56 Å². The van der Waals surface area contributed by atoms with Gasteiger partial charge in [-0.2, -0.15) is 0 Å². The maximum Gasteiger partial charge on any atom is 0.150 e. The Morgan fingerprint density at radius 3 is 2.94 bits per heavy atom. The van der Waals surface area contributed by atoms with Crippen LogP contribution in [-0.4, -0.2) is 26.5 Å². The minimum absolute atomic E-state index is 0.0360. The van der Waals surface area contributed by atoms with Gasteiger partial charge in [-0.1, -0.05) is 25.1 Å². The van der Waals surface area contributed by atoms with E-state index in [9.17, 15) is 12.8 Å². The lowest BCUT2D eigenvalue weighted by Gasteiger charge is -2.13. The molecule has 0 bridgehead atoms. The van der Waals surface area contributed by atoms with Gasteiger partial charge in [0.25, 0.3) is 0 Å². The molecule has 100 valence electrons. The number of fused-ring (bicyclic) bond motifs is 1. The fourth-order valence-corrected chi connectivity index (χ4v) is 3.06. The van der Waals surface area contributed by atoms with Gasteiger partial charge < -0.3 is 5.32 Å². The minimum atomic E-state index is -3.10. The van der Waals surface area contributed by atoms with Gasteiger partial charge in [-0.05, 0) is 18.4 Å². The van der Waals surface area contributed by atoms with Gasteiger partial charge in [0.05, 0.1) is 5.75 Å². The van der Waals surface area contributed by atoms with E-state index in [2.05, 4.69) is 5.32 Å². The molecule has 0 amide bonds. The van der Waals surface area contributed by atoms with E-state index in [1.807, 2.05) is 12.1 Å². The summed E-state index contributed by atoms with van der Waals surface area (Å²) in [5, 5.41) is 3.17. The zero-order valence-electron chi connectivity index (χ0n) is 10.4. The molecule has 0 aliphatic carbocycles. The first-order valence-corrected chi connectivity index (χ1v) is 8.06. The quantitative estimate of drug-likeness (QED) is 0.895. The van der Waals surface area contributed by atoms with E-state index in [-0.39, 0.29) is 17.9 Å². The largest absolute Gasteiger partial charge is 0.384 e. The molecule has 0 fully saturated rings. The van der Waals surface area contributed by atoms with Crippen LogP contribution in [0.1, 0.15) is 30.6 Å². The van der Waals surface area contributed by atoms with Gasteiger partial charge in [0, 0.05) is 23.5 Å². The molecular formula is C13H18FNO2S. The van der Waals surface area contributed by atoms with E-state index < -0.39 is 16.0 Å². The number of nitrogens with one attached hydrogen (secondary N) is 1. The van der Waals surface area contributed by atoms with Gasteiger partial charge in [-0.3, -0.25) is 0 Å². The van der Waals surface area contributed by atoms with Crippen molar-refractivity contribution >= 4 is 15.5 Å². The van der Waals surface area contributed by atoms with E-state index in [1.54, 1.807) is 13.0 Å². The van der Waals surface area contributed by atoms with Crippen LogP contribution in [0.15, 0.2) is 18.2 Å². The molecule has 1 atom stereocenters. The van der Waals surface area contributed by atoms with E-state index in [4.69, 9.17) is 0 Å². The van der Waals surface area contributed by atoms with Gasteiger partial charge in [-0.15, -0.1) is 0 Å². The molecule has 1 N–H and O–H groups in total. The van der Waals surface area contributed by atoms with Crippen molar-refractivity contribution in [1.29, 1.82) is 0 Å². The summed E-state index contributed by atoms with van der Waals surface area (Å²) in [6.45, 7) is 2.41. The first kappa shape index (κ1) is 13.3. The predicted molar refractivity (Wildman–Crippen MR) is 71.4 cm³/mol. The second-order valence-corrected chi connectivity index (χ2v) is 7.02. The summed E-state index contributed by atoms with van der Waals surface area (Å²) >= 11 is 0. The molecule has 1 unspecified atom stereocenters. The summed E-state index contributed by atoms with van der Waals surface area (Å²) in [6, 6.07) is 5.55. The highest BCUT2D eigenvalue weighted by molar-refractivity contribution is 7.91. The smallest absolute Gasteiger partial charge is 0.150 e. The standard InChI is InChI=1S/C13H18FNO2S/c1-2-18(16,17)9-7-12(14)11-5-3-4-10-6-8-15-13(10)11/h3-5,12,15H,2,6-9H2,1H3. The van der Waals surface area contributed by atoms with Crippen LogP contribution in [-0.2, 0) is 16.3 Å². The molecule has 2 rings (SSSR count). The normalized spacial score (nSPS) is 16.1. The van der Waals surface area contributed by atoms with Crippen molar-refractivity contribution in [3.05, 3.63) is 29.3 Å². The number of halogens is 1.